The molecule has 6 nitrogen and oxygen atoms in total. The lowest BCUT2D eigenvalue weighted by Crippen LogP contribution is -2.37. The lowest BCUT2D eigenvalue weighted by atomic mass is 10.00. The Labute approximate surface area is 109 Å². The maximum atomic E-state index is 10.9. The third-order valence-corrected chi connectivity index (χ3v) is 2.66. The number of nitrogens with two attached hydrogens (primary N) is 1. The highest BCUT2D eigenvalue weighted by molar-refractivity contribution is 5.80. The maximum Gasteiger partial charge on any atom is 0.360 e. The highest BCUT2D eigenvalue weighted by Gasteiger charge is 2.11. The predicted molar refractivity (Wildman–Crippen MR) is 70.7 cm³/mol. The van der Waals surface area contributed by atoms with Gasteiger partial charge in [-0.3, -0.25) is 4.99 Å². The van der Waals surface area contributed by atoms with Crippen molar-refractivity contribution in [2.45, 2.75) is 52.6 Å². The van der Waals surface area contributed by atoms with Gasteiger partial charge >= 0.3 is 5.97 Å². The van der Waals surface area contributed by atoms with E-state index in [1.807, 2.05) is 0 Å². The Morgan fingerprint density at radius 3 is 2.67 bits per heavy atom. The van der Waals surface area contributed by atoms with Gasteiger partial charge in [-0.05, 0) is 19.3 Å². The van der Waals surface area contributed by atoms with Gasteiger partial charge in [0.15, 0.2) is 6.10 Å². The van der Waals surface area contributed by atoms with Crippen molar-refractivity contribution in [2.24, 2.45) is 16.6 Å². The SMILES string of the molecule is CCCCC(CC)CN=C(N)NOC(=O)C(C)O. The standard InChI is InChI=1S/C12H25N3O3/c1-4-6-7-10(5-2)8-14-12(13)15-18-11(17)9(3)16/h9-10,16H,4-8H2,1-3H3,(H3,13,14,15). The van der Waals surface area contributed by atoms with E-state index in [1.54, 1.807) is 0 Å². The number of hydroxylamine groups is 1. The first kappa shape index (κ1) is 16.7. The van der Waals surface area contributed by atoms with E-state index in [2.05, 4.69) is 29.2 Å². The fourth-order valence-corrected chi connectivity index (χ4v) is 1.36. The Bertz CT molecular complexity index is 267. The molecule has 18 heavy (non-hydrogen) atoms. The van der Waals surface area contributed by atoms with Crippen LogP contribution in [0.2, 0.25) is 0 Å². The molecule has 0 radical (unpaired) electrons. The molecule has 0 aliphatic carbocycles. The minimum atomic E-state index is -1.18. The number of carbonyl (C=O) groups is 1. The summed E-state index contributed by atoms with van der Waals surface area (Å²) < 4.78 is 0. The van der Waals surface area contributed by atoms with Crippen LogP contribution in [0.15, 0.2) is 4.99 Å². The number of aliphatic hydroxyl groups is 1. The average Bonchev–Trinajstić information content (AvgIpc) is 2.35. The van der Waals surface area contributed by atoms with Crippen LogP contribution in [0.25, 0.3) is 0 Å². The van der Waals surface area contributed by atoms with Crippen molar-refractivity contribution in [1.29, 1.82) is 0 Å². The number of carbonyl (C=O) groups excluding carboxylic acids is 1. The summed E-state index contributed by atoms with van der Waals surface area (Å²) in [5.74, 6) is -0.233. The minimum absolute atomic E-state index is 0.0546. The Kier molecular flexibility index (Phi) is 9.00. The largest absolute Gasteiger partial charge is 0.382 e. The van der Waals surface area contributed by atoms with Crippen LogP contribution < -0.4 is 11.2 Å². The molecule has 0 aromatic heterocycles. The highest BCUT2D eigenvalue weighted by Crippen LogP contribution is 2.12. The fourth-order valence-electron chi connectivity index (χ4n) is 1.36. The molecule has 0 aliphatic rings. The molecule has 6 heteroatoms. The number of nitrogens with zero attached hydrogens (tertiary/aromatic N) is 1. The number of hydrogen-bond donors (Lipinski definition) is 3. The Hall–Kier alpha value is -1.30. The van der Waals surface area contributed by atoms with E-state index in [0.29, 0.717) is 12.5 Å². The zero-order chi connectivity index (χ0) is 14.0. The smallest absolute Gasteiger partial charge is 0.360 e. The van der Waals surface area contributed by atoms with Crippen LogP contribution in [0.1, 0.15) is 46.5 Å². The predicted octanol–water partition coefficient (Wildman–Crippen LogP) is 0.946. The second kappa shape index (κ2) is 9.70. The van der Waals surface area contributed by atoms with Gasteiger partial charge < -0.3 is 15.7 Å². The van der Waals surface area contributed by atoms with Gasteiger partial charge in [-0.15, -0.1) is 0 Å². The summed E-state index contributed by atoms with van der Waals surface area (Å²) in [5, 5.41) is 8.89. The molecule has 0 saturated heterocycles. The maximum absolute atomic E-state index is 10.9. The molecule has 0 amide bonds. The van der Waals surface area contributed by atoms with E-state index in [9.17, 15) is 4.79 Å². The first-order valence-corrected chi connectivity index (χ1v) is 6.45. The summed E-state index contributed by atoms with van der Waals surface area (Å²) in [7, 11) is 0. The van der Waals surface area contributed by atoms with E-state index >= 15 is 0 Å². The molecule has 106 valence electrons. The molecule has 0 aromatic rings. The summed E-state index contributed by atoms with van der Waals surface area (Å²) >= 11 is 0. The molecule has 0 bridgehead atoms. The van der Waals surface area contributed by atoms with E-state index in [-0.39, 0.29) is 5.96 Å². The average molecular weight is 259 g/mol. The molecular formula is C12H25N3O3. The van der Waals surface area contributed by atoms with Crippen molar-refractivity contribution in [3.05, 3.63) is 0 Å². The lowest BCUT2D eigenvalue weighted by Gasteiger charge is -2.12. The van der Waals surface area contributed by atoms with Crippen molar-refractivity contribution in [3.63, 3.8) is 0 Å². The molecule has 0 rings (SSSR count). The van der Waals surface area contributed by atoms with Gasteiger partial charge in [0.1, 0.15) is 0 Å². The normalized spacial score (nSPS) is 15.0. The summed E-state index contributed by atoms with van der Waals surface area (Å²) in [5.41, 5.74) is 7.75. The number of nitrogens with one attached hydrogen (secondary N) is 1. The van der Waals surface area contributed by atoms with Gasteiger partial charge in [-0.25, -0.2) is 4.79 Å². The van der Waals surface area contributed by atoms with Crippen molar-refractivity contribution in [3.8, 4) is 0 Å². The van der Waals surface area contributed by atoms with Gasteiger partial charge in [-0.1, -0.05) is 33.1 Å². The summed E-state index contributed by atoms with van der Waals surface area (Å²) in [6.45, 7) is 6.20. The second-order valence-corrected chi connectivity index (χ2v) is 4.34. The number of hydrogen-bond acceptors (Lipinski definition) is 4. The molecular weight excluding hydrogens is 234 g/mol. The van der Waals surface area contributed by atoms with Crippen LogP contribution in [0.5, 0.6) is 0 Å². The second-order valence-electron chi connectivity index (χ2n) is 4.34. The summed E-state index contributed by atoms with van der Waals surface area (Å²) in [4.78, 5) is 19.6. The minimum Gasteiger partial charge on any atom is -0.382 e. The van der Waals surface area contributed by atoms with Crippen LogP contribution >= 0.6 is 0 Å². The zero-order valence-corrected chi connectivity index (χ0v) is 11.5. The zero-order valence-electron chi connectivity index (χ0n) is 11.5. The van der Waals surface area contributed by atoms with Crippen molar-refractivity contribution < 1.29 is 14.7 Å². The van der Waals surface area contributed by atoms with Gasteiger partial charge in [-0.2, -0.15) is 5.48 Å². The molecule has 0 fully saturated rings. The van der Waals surface area contributed by atoms with E-state index in [0.717, 1.165) is 12.8 Å². The summed E-state index contributed by atoms with van der Waals surface area (Å²) in [6, 6.07) is 0. The lowest BCUT2D eigenvalue weighted by molar-refractivity contribution is -0.156. The number of rotatable bonds is 7. The van der Waals surface area contributed by atoms with Gasteiger partial charge in [0.05, 0.1) is 0 Å². The molecule has 0 saturated carbocycles. The number of guanidine groups is 1. The molecule has 2 atom stereocenters. The monoisotopic (exact) mass is 259 g/mol. The van der Waals surface area contributed by atoms with Crippen molar-refractivity contribution in [1.82, 2.24) is 5.48 Å². The van der Waals surface area contributed by atoms with Crippen LogP contribution in [0.3, 0.4) is 0 Å². The molecule has 4 N–H and O–H groups in total. The molecule has 2 unspecified atom stereocenters. The van der Waals surface area contributed by atoms with Gasteiger partial charge in [0, 0.05) is 6.54 Å². The third-order valence-electron chi connectivity index (χ3n) is 2.66. The molecule has 0 heterocycles. The Morgan fingerprint density at radius 1 is 1.50 bits per heavy atom. The van der Waals surface area contributed by atoms with Crippen molar-refractivity contribution in [2.75, 3.05) is 6.54 Å². The number of unbranched alkanes of at least 4 members (excludes halogenated alkanes) is 1. The van der Waals surface area contributed by atoms with Gasteiger partial charge in [0.2, 0.25) is 5.96 Å². The Morgan fingerprint density at radius 2 is 2.17 bits per heavy atom. The molecule has 0 aliphatic heterocycles. The van der Waals surface area contributed by atoms with Crippen LogP contribution in [-0.4, -0.2) is 29.7 Å². The molecule has 0 aromatic carbocycles. The third kappa shape index (κ3) is 7.89. The first-order valence-electron chi connectivity index (χ1n) is 6.45. The fraction of sp³-hybridized carbons (Fsp3) is 0.833. The Balaban J connectivity index is 3.97. The quantitative estimate of drug-likeness (QED) is 0.359. The van der Waals surface area contributed by atoms with Crippen molar-refractivity contribution >= 4 is 11.9 Å². The first-order chi connectivity index (χ1) is 8.51. The van der Waals surface area contributed by atoms with Gasteiger partial charge in [0.25, 0.3) is 0 Å². The summed E-state index contributed by atoms with van der Waals surface area (Å²) in [6.07, 6.45) is 3.33. The van der Waals surface area contributed by atoms with E-state index in [4.69, 9.17) is 10.8 Å². The highest BCUT2D eigenvalue weighted by atomic mass is 16.7. The van der Waals surface area contributed by atoms with E-state index in [1.165, 1.54) is 19.8 Å². The molecule has 0 spiro atoms. The van der Waals surface area contributed by atoms with Crippen LogP contribution in [0.4, 0.5) is 0 Å². The van der Waals surface area contributed by atoms with E-state index < -0.39 is 12.1 Å². The number of aliphatic imine (C=N–C) groups is 1. The van der Waals surface area contributed by atoms with Crippen LogP contribution in [0, 0.1) is 5.92 Å². The number of aliphatic hydroxyl groups excluding tert-OH is 1. The van der Waals surface area contributed by atoms with Crippen LogP contribution in [-0.2, 0) is 9.63 Å². The topological polar surface area (TPSA) is 96.9 Å².